The van der Waals surface area contributed by atoms with Crippen molar-refractivity contribution in [1.29, 1.82) is 0 Å². The minimum atomic E-state index is 0.782. The third-order valence-corrected chi connectivity index (χ3v) is 4.39. The number of benzene rings is 1. The van der Waals surface area contributed by atoms with E-state index in [0.717, 1.165) is 55.4 Å². The lowest BCUT2D eigenvalue weighted by Crippen LogP contribution is -2.26. The van der Waals surface area contributed by atoms with Crippen molar-refractivity contribution in [3.63, 3.8) is 0 Å². The molecule has 0 amide bonds. The summed E-state index contributed by atoms with van der Waals surface area (Å²) in [6.07, 6.45) is 1.01. The van der Waals surface area contributed by atoms with Crippen molar-refractivity contribution in [2.24, 2.45) is 0 Å². The fourth-order valence-corrected chi connectivity index (χ4v) is 3.08. The maximum absolute atomic E-state index is 5.41. The summed E-state index contributed by atoms with van der Waals surface area (Å²) in [6.45, 7) is 3.73. The van der Waals surface area contributed by atoms with Gasteiger partial charge in [-0.2, -0.15) is 5.10 Å². The predicted molar refractivity (Wildman–Crippen MR) is 94.7 cm³/mol. The zero-order valence-electron chi connectivity index (χ0n) is 14.9. The number of hydrogen-bond donors (Lipinski definition) is 1. The Morgan fingerprint density at radius 3 is 2.50 bits per heavy atom. The number of nitrogens with zero attached hydrogens (tertiary/aromatic N) is 3. The van der Waals surface area contributed by atoms with Crippen LogP contribution in [-0.2, 0) is 19.5 Å². The van der Waals surface area contributed by atoms with Crippen molar-refractivity contribution in [2.75, 3.05) is 41.4 Å². The highest BCUT2D eigenvalue weighted by atomic mass is 16.5. The van der Waals surface area contributed by atoms with Gasteiger partial charge in [0.05, 0.1) is 26.5 Å². The molecule has 1 N–H and O–H groups in total. The van der Waals surface area contributed by atoms with Crippen LogP contribution in [0.15, 0.2) is 18.2 Å². The Morgan fingerprint density at radius 1 is 1.17 bits per heavy atom. The average Bonchev–Trinajstić information content (AvgIpc) is 2.98. The Bertz CT molecular complexity index is 687. The monoisotopic (exact) mass is 330 g/mol. The van der Waals surface area contributed by atoms with Crippen molar-refractivity contribution in [1.82, 2.24) is 20.0 Å². The molecule has 1 aliphatic rings. The van der Waals surface area contributed by atoms with Crippen LogP contribution >= 0.6 is 0 Å². The summed E-state index contributed by atoms with van der Waals surface area (Å²) in [5.41, 5.74) is 4.69. The number of fused-ring (bicyclic) bond motifs is 1. The van der Waals surface area contributed by atoms with E-state index in [1.807, 2.05) is 18.2 Å². The molecule has 1 aliphatic heterocycles. The largest absolute Gasteiger partial charge is 0.497 e. The van der Waals surface area contributed by atoms with Crippen LogP contribution in [0, 0.1) is 0 Å². The van der Waals surface area contributed by atoms with Gasteiger partial charge in [0.25, 0.3) is 0 Å². The van der Waals surface area contributed by atoms with Crippen molar-refractivity contribution in [3.8, 4) is 22.8 Å². The molecule has 0 bridgehead atoms. The third kappa shape index (κ3) is 3.39. The van der Waals surface area contributed by atoms with Gasteiger partial charge in [-0.15, -0.1) is 0 Å². The highest BCUT2D eigenvalue weighted by Gasteiger charge is 2.22. The number of nitrogens with one attached hydrogen (secondary N) is 1. The lowest BCUT2D eigenvalue weighted by atomic mass is 10.0. The number of likely N-dealkylation sites (N-methyl/N-ethyl adjacent to an activating group) is 1. The first-order valence-electron chi connectivity index (χ1n) is 8.30. The van der Waals surface area contributed by atoms with Crippen LogP contribution in [-0.4, -0.2) is 56.1 Å². The molecule has 1 aromatic heterocycles. The first-order chi connectivity index (χ1) is 11.6. The lowest BCUT2D eigenvalue weighted by molar-refractivity contribution is 0.368. The second-order valence-electron chi connectivity index (χ2n) is 6.33. The maximum Gasteiger partial charge on any atom is 0.123 e. The van der Waals surface area contributed by atoms with E-state index in [0.29, 0.717) is 0 Å². The molecule has 0 saturated carbocycles. The topological polar surface area (TPSA) is 51.6 Å². The van der Waals surface area contributed by atoms with Crippen LogP contribution in [0.2, 0.25) is 0 Å². The average molecular weight is 330 g/mol. The summed E-state index contributed by atoms with van der Waals surface area (Å²) in [5, 5.41) is 8.38. The minimum Gasteiger partial charge on any atom is -0.497 e. The van der Waals surface area contributed by atoms with Gasteiger partial charge < -0.3 is 19.7 Å². The second-order valence-corrected chi connectivity index (χ2v) is 6.33. The van der Waals surface area contributed by atoms with Crippen LogP contribution in [0.25, 0.3) is 11.3 Å². The Morgan fingerprint density at radius 2 is 1.88 bits per heavy atom. The molecule has 2 heterocycles. The van der Waals surface area contributed by atoms with Gasteiger partial charge in [-0.05, 0) is 26.2 Å². The van der Waals surface area contributed by atoms with Gasteiger partial charge in [0, 0.05) is 48.9 Å². The van der Waals surface area contributed by atoms with Crippen LogP contribution < -0.4 is 14.8 Å². The summed E-state index contributed by atoms with van der Waals surface area (Å²) in [4.78, 5) is 2.18. The van der Waals surface area contributed by atoms with Crippen molar-refractivity contribution < 1.29 is 9.47 Å². The molecule has 3 rings (SSSR count). The van der Waals surface area contributed by atoms with E-state index in [-0.39, 0.29) is 0 Å². The summed E-state index contributed by atoms with van der Waals surface area (Å²) < 4.78 is 13.0. The van der Waals surface area contributed by atoms with Gasteiger partial charge >= 0.3 is 0 Å². The van der Waals surface area contributed by atoms with Gasteiger partial charge in [0.15, 0.2) is 0 Å². The SMILES string of the molecule is COc1cc(OC)cc(-c2nn(CCN(C)C)c3c2CNCC3)c1. The summed E-state index contributed by atoms with van der Waals surface area (Å²) >= 11 is 0. The summed E-state index contributed by atoms with van der Waals surface area (Å²) in [5.74, 6) is 1.56. The van der Waals surface area contributed by atoms with Crippen molar-refractivity contribution in [3.05, 3.63) is 29.5 Å². The number of ether oxygens (including phenoxy) is 2. The highest BCUT2D eigenvalue weighted by Crippen LogP contribution is 2.33. The first-order valence-corrected chi connectivity index (χ1v) is 8.30. The van der Waals surface area contributed by atoms with E-state index in [1.54, 1.807) is 14.2 Å². The zero-order chi connectivity index (χ0) is 17.1. The Labute approximate surface area is 143 Å². The molecule has 1 aromatic carbocycles. The number of rotatable bonds is 6. The van der Waals surface area contributed by atoms with E-state index in [2.05, 4.69) is 29.0 Å². The minimum absolute atomic E-state index is 0.782. The van der Waals surface area contributed by atoms with Crippen LogP contribution in [0.5, 0.6) is 11.5 Å². The lowest BCUT2D eigenvalue weighted by Gasteiger charge is -2.17. The van der Waals surface area contributed by atoms with Crippen LogP contribution in [0.3, 0.4) is 0 Å². The van der Waals surface area contributed by atoms with Crippen LogP contribution in [0.4, 0.5) is 0 Å². The second kappa shape index (κ2) is 7.23. The smallest absolute Gasteiger partial charge is 0.123 e. The third-order valence-electron chi connectivity index (χ3n) is 4.39. The molecule has 2 aromatic rings. The maximum atomic E-state index is 5.41. The molecule has 0 radical (unpaired) electrons. The van der Waals surface area contributed by atoms with Gasteiger partial charge in [-0.3, -0.25) is 4.68 Å². The molecule has 6 heteroatoms. The van der Waals surface area contributed by atoms with Crippen LogP contribution in [0.1, 0.15) is 11.3 Å². The van der Waals surface area contributed by atoms with E-state index in [1.165, 1.54) is 11.3 Å². The zero-order valence-corrected chi connectivity index (χ0v) is 14.9. The first kappa shape index (κ1) is 16.8. The van der Waals surface area contributed by atoms with Gasteiger partial charge in [0.2, 0.25) is 0 Å². The normalized spacial score (nSPS) is 13.9. The van der Waals surface area contributed by atoms with E-state index in [4.69, 9.17) is 14.6 Å². The fourth-order valence-electron chi connectivity index (χ4n) is 3.08. The Hall–Kier alpha value is -2.05. The molecular weight excluding hydrogens is 304 g/mol. The number of aromatic nitrogens is 2. The molecule has 24 heavy (non-hydrogen) atoms. The summed E-state index contributed by atoms with van der Waals surface area (Å²) in [7, 11) is 7.52. The fraction of sp³-hybridized carbons (Fsp3) is 0.500. The molecular formula is C18H26N4O2. The highest BCUT2D eigenvalue weighted by molar-refractivity contribution is 5.68. The molecule has 130 valence electrons. The Kier molecular flexibility index (Phi) is 5.06. The summed E-state index contributed by atoms with van der Waals surface area (Å²) in [6, 6.07) is 5.93. The van der Waals surface area contributed by atoms with Gasteiger partial charge in [0.1, 0.15) is 11.5 Å². The van der Waals surface area contributed by atoms with Gasteiger partial charge in [-0.1, -0.05) is 0 Å². The standard InChI is InChI=1S/C18H26N4O2/c1-21(2)7-8-22-17-5-6-19-12-16(17)18(20-22)13-9-14(23-3)11-15(10-13)24-4/h9-11,19H,5-8,12H2,1-4H3. The molecule has 0 saturated heterocycles. The van der Waals surface area contributed by atoms with Gasteiger partial charge in [-0.25, -0.2) is 0 Å². The van der Waals surface area contributed by atoms with Crippen molar-refractivity contribution in [2.45, 2.75) is 19.5 Å². The Balaban J connectivity index is 2.04. The molecule has 0 fully saturated rings. The quantitative estimate of drug-likeness (QED) is 0.875. The molecule has 0 atom stereocenters. The number of hydrogen-bond acceptors (Lipinski definition) is 5. The molecule has 0 spiro atoms. The van der Waals surface area contributed by atoms with E-state index < -0.39 is 0 Å². The number of methoxy groups -OCH3 is 2. The molecule has 6 nitrogen and oxygen atoms in total. The van der Waals surface area contributed by atoms with Crippen molar-refractivity contribution >= 4 is 0 Å². The predicted octanol–water partition coefficient (Wildman–Crippen LogP) is 1.77. The molecule has 0 aliphatic carbocycles. The molecule has 0 unspecified atom stereocenters. The van der Waals surface area contributed by atoms with E-state index >= 15 is 0 Å². The van der Waals surface area contributed by atoms with E-state index in [9.17, 15) is 0 Å².